The summed E-state index contributed by atoms with van der Waals surface area (Å²) in [6, 6.07) is 10.3. The molecule has 2 rings (SSSR count). The van der Waals surface area contributed by atoms with Crippen LogP contribution in [0.5, 0.6) is 11.5 Å². The van der Waals surface area contributed by atoms with E-state index in [-0.39, 0.29) is 12.4 Å². The van der Waals surface area contributed by atoms with Crippen molar-refractivity contribution in [1.29, 1.82) is 0 Å². The normalized spacial score (nSPS) is 10.3. The maximum absolute atomic E-state index is 13.6. The highest BCUT2D eigenvalue weighted by atomic mass is 79.9. The molecule has 0 saturated carbocycles. The van der Waals surface area contributed by atoms with Crippen LogP contribution in [-0.4, -0.2) is 7.11 Å². The third-order valence-corrected chi connectivity index (χ3v) is 3.80. The number of methoxy groups -OCH3 is 1. The lowest BCUT2D eigenvalue weighted by molar-refractivity contribution is 0.288. The molecule has 100 valence electrons. The van der Waals surface area contributed by atoms with Gasteiger partial charge in [-0.25, -0.2) is 4.39 Å². The highest BCUT2D eigenvalue weighted by Crippen LogP contribution is 2.26. The maximum atomic E-state index is 13.6. The van der Waals surface area contributed by atoms with Crippen molar-refractivity contribution in [2.75, 3.05) is 7.11 Å². The van der Waals surface area contributed by atoms with Crippen molar-refractivity contribution >= 4 is 31.9 Å². The Labute approximate surface area is 127 Å². The van der Waals surface area contributed by atoms with E-state index in [1.165, 1.54) is 6.07 Å². The van der Waals surface area contributed by atoms with Crippen molar-refractivity contribution in [1.82, 2.24) is 0 Å². The lowest BCUT2D eigenvalue weighted by Crippen LogP contribution is -1.99. The summed E-state index contributed by atoms with van der Waals surface area (Å²) in [4.78, 5) is 0. The maximum Gasteiger partial charge on any atom is 0.166 e. The van der Waals surface area contributed by atoms with Crippen LogP contribution in [0.1, 0.15) is 5.56 Å². The fourth-order valence-corrected chi connectivity index (χ4v) is 2.23. The van der Waals surface area contributed by atoms with E-state index >= 15 is 0 Å². The first kappa shape index (κ1) is 14.3. The first-order valence-corrected chi connectivity index (χ1v) is 7.09. The molecule has 19 heavy (non-hydrogen) atoms. The van der Waals surface area contributed by atoms with Gasteiger partial charge >= 0.3 is 0 Å². The van der Waals surface area contributed by atoms with Gasteiger partial charge in [-0.3, -0.25) is 0 Å². The molecule has 0 heterocycles. The van der Waals surface area contributed by atoms with Crippen LogP contribution >= 0.6 is 31.9 Å². The van der Waals surface area contributed by atoms with Gasteiger partial charge in [0, 0.05) is 14.5 Å². The molecular formula is C14H11Br2FO2. The minimum Gasteiger partial charge on any atom is -0.497 e. The zero-order chi connectivity index (χ0) is 13.8. The third-order valence-electron chi connectivity index (χ3n) is 2.53. The van der Waals surface area contributed by atoms with Crippen LogP contribution in [0.2, 0.25) is 0 Å². The van der Waals surface area contributed by atoms with Crippen LogP contribution in [-0.2, 0) is 6.61 Å². The van der Waals surface area contributed by atoms with Crippen molar-refractivity contribution in [3.63, 3.8) is 0 Å². The second kappa shape index (κ2) is 6.39. The smallest absolute Gasteiger partial charge is 0.166 e. The van der Waals surface area contributed by atoms with E-state index in [0.717, 1.165) is 15.8 Å². The summed E-state index contributed by atoms with van der Waals surface area (Å²) in [5.41, 5.74) is 0.890. The first-order chi connectivity index (χ1) is 9.10. The van der Waals surface area contributed by atoms with Gasteiger partial charge in [0.15, 0.2) is 11.6 Å². The van der Waals surface area contributed by atoms with E-state index in [0.29, 0.717) is 4.47 Å². The van der Waals surface area contributed by atoms with Crippen molar-refractivity contribution in [2.24, 2.45) is 0 Å². The lowest BCUT2D eigenvalue weighted by atomic mass is 10.2. The molecule has 0 bridgehead atoms. The van der Waals surface area contributed by atoms with E-state index in [9.17, 15) is 4.39 Å². The SMILES string of the molecule is COc1ccc(Br)c(COc2ccc(Br)cc2F)c1. The average molecular weight is 390 g/mol. The van der Waals surface area contributed by atoms with Crippen LogP contribution in [0, 0.1) is 5.82 Å². The molecule has 0 aliphatic carbocycles. The Morgan fingerprint density at radius 1 is 1.11 bits per heavy atom. The molecule has 0 saturated heterocycles. The van der Waals surface area contributed by atoms with Crippen molar-refractivity contribution in [2.45, 2.75) is 6.61 Å². The summed E-state index contributed by atoms with van der Waals surface area (Å²) in [7, 11) is 1.60. The van der Waals surface area contributed by atoms with Gasteiger partial charge in [0.05, 0.1) is 7.11 Å². The fraction of sp³-hybridized carbons (Fsp3) is 0.143. The Bertz CT molecular complexity index is 588. The molecular weight excluding hydrogens is 379 g/mol. The van der Waals surface area contributed by atoms with Gasteiger partial charge in [0.25, 0.3) is 0 Å². The van der Waals surface area contributed by atoms with E-state index in [1.54, 1.807) is 19.2 Å². The molecule has 0 aliphatic rings. The Morgan fingerprint density at radius 2 is 1.89 bits per heavy atom. The second-order valence-electron chi connectivity index (χ2n) is 3.82. The van der Waals surface area contributed by atoms with Crippen molar-refractivity contribution < 1.29 is 13.9 Å². The minimum absolute atomic E-state index is 0.220. The molecule has 0 aromatic heterocycles. The molecule has 0 N–H and O–H groups in total. The highest BCUT2D eigenvalue weighted by molar-refractivity contribution is 9.10. The quantitative estimate of drug-likeness (QED) is 0.737. The predicted molar refractivity (Wildman–Crippen MR) is 79.1 cm³/mol. The van der Waals surface area contributed by atoms with E-state index in [1.807, 2.05) is 18.2 Å². The molecule has 0 aliphatic heterocycles. The monoisotopic (exact) mass is 388 g/mol. The predicted octanol–water partition coefficient (Wildman–Crippen LogP) is 4.94. The Hall–Kier alpha value is -1.07. The molecule has 0 amide bonds. The molecule has 0 atom stereocenters. The highest BCUT2D eigenvalue weighted by Gasteiger charge is 2.07. The number of halogens is 3. The van der Waals surface area contributed by atoms with Gasteiger partial charge in [-0.15, -0.1) is 0 Å². The van der Waals surface area contributed by atoms with Gasteiger partial charge in [-0.2, -0.15) is 0 Å². The summed E-state index contributed by atoms with van der Waals surface area (Å²) >= 11 is 6.63. The van der Waals surface area contributed by atoms with Crippen molar-refractivity contribution in [3.05, 3.63) is 56.7 Å². The standard InChI is InChI=1S/C14H11Br2FO2/c1-18-11-3-4-12(16)9(6-11)8-19-14-5-2-10(15)7-13(14)17/h2-7H,8H2,1H3. The summed E-state index contributed by atoms with van der Waals surface area (Å²) < 4.78 is 25.8. The van der Waals surface area contributed by atoms with Gasteiger partial charge in [-0.05, 0) is 36.4 Å². The number of hydrogen-bond acceptors (Lipinski definition) is 2. The third kappa shape index (κ3) is 3.70. The van der Waals surface area contributed by atoms with Crippen LogP contribution in [0.15, 0.2) is 45.3 Å². The van der Waals surface area contributed by atoms with E-state index in [2.05, 4.69) is 31.9 Å². The van der Waals surface area contributed by atoms with E-state index in [4.69, 9.17) is 9.47 Å². The molecule has 5 heteroatoms. The van der Waals surface area contributed by atoms with Gasteiger partial charge < -0.3 is 9.47 Å². The van der Waals surface area contributed by atoms with Crippen LogP contribution in [0.3, 0.4) is 0 Å². The number of hydrogen-bond donors (Lipinski definition) is 0. The molecule has 2 nitrogen and oxygen atoms in total. The summed E-state index contributed by atoms with van der Waals surface area (Å²) in [5, 5.41) is 0. The largest absolute Gasteiger partial charge is 0.497 e. The van der Waals surface area contributed by atoms with Crippen LogP contribution in [0.25, 0.3) is 0 Å². The average Bonchev–Trinajstić information content (AvgIpc) is 2.39. The van der Waals surface area contributed by atoms with Crippen LogP contribution < -0.4 is 9.47 Å². The molecule has 2 aromatic carbocycles. The Morgan fingerprint density at radius 3 is 2.58 bits per heavy atom. The molecule has 0 fully saturated rings. The minimum atomic E-state index is -0.395. The second-order valence-corrected chi connectivity index (χ2v) is 5.59. The lowest BCUT2D eigenvalue weighted by Gasteiger charge is -2.10. The van der Waals surface area contributed by atoms with Crippen LogP contribution in [0.4, 0.5) is 4.39 Å². The van der Waals surface area contributed by atoms with Crippen molar-refractivity contribution in [3.8, 4) is 11.5 Å². The molecule has 0 radical (unpaired) electrons. The summed E-state index contributed by atoms with van der Waals surface area (Å²) in [6.45, 7) is 0.260. The zero-order valence-electron chi connectivity index (χ0n) is 10.1. The molecule has 0 unspecified atom stereocenters. The van der Waals surface area contributed by atoms with Gasteiger partial charge in [-0.1, -0.05) is 31.9 Å². The molecule has 2 aromatic rings. The van der Waals surface area contributed by atoms with Gasteiger partial charge in [0.2, 0.25) is 0 Å². The van der Waals surface area contributed by atoms with Gasteiger partial charge in [0.1, 0.15) is 12.4 Å². The number of rotatable bonds is 4. The summed E-state index contributed by atoms with van der Waals surface area (Å²) in [5.74, 6) is 0.560. The number of benzene rings is 2. The number of ether oxygens (including phenoxy) is 2. The topological polar surface area (TPSA) is 18.5 Å². The summed E-state index contributed by atoms with van der Waals surface area (Å²) in [6.07, 6.45) is 0. The Balaban J connectivity index is 2.14. The zero-order valence-corrected chi connectivity index (χ0v) is 13.3. The Kier molecular flexibility index (Phi) is 4.82. The molecule has 0 spiro atoms. The first-order valence-electron chi connectivity index (χ1n) is 5.50. The fourth-order valence-electron chi connectivity index (χ4n) is 1.54. The van der Waals surface area contributed by atoms with E-state index < -0.39 is 5.82 Å².